The maximum Gasteiger partial charge on any atom is 0.244 e. The Morgan fingerprint density at radius 3 is 2.43 bits per heavy atom. The van der Waals surface area contributed by atoms with Crippen molar-refractivity contribution in [2.75, 3.05) is 10.6 Å². The molecule has 1 unspecified atom stereocenters. The summed E-state index contributed by atoms with van der Waals surface area (Å²) in [6, 6.07) is 3.37. The van der Waals surface area contributed by atoms with Gasteiger partial charge in [-0.1, -0.05) is 13.3 Å². The van der Waals surface area contributed by atoms with Crippen LogP contribution in [-0.2, 0) is 9.59 Å². The van der Waals surface area contributed by atoms with Gasteiger partial charge < -0.3 is 16.4 Å². The second-order valence-electron chi connectivity index (χ2n) is 5.82. The van der Waals surface area contributed by atoms with Crippen molar-refractivity contribution in [3.63, 3.8) is 0 Å². The van der Waals surface area contributed by atoms with Gasteiger partial charge in [0.2, 0.25) is 11.8 Å². The Morgan fingerprint density at radius 1 is 1.30 bits per heavy atom. The summed E-state index contributed by atoms with van der Waals surface area (Å²) in [6.07, 6.45) is 4.87. The molecule has 23 heavy (non-hydrogen) atoms. The fourth-order valence-electron chi connectivity index (χ4n) is 2.02. The van der Waals surface area contributed by atoms with Crippen LogP contribution in [0.5, 0.6) is 0 Å². The molecule has 0 saturated heterocycles. The maximum absolute atomic E-state index is 12.1. The smallest absolute Gasteiger partial charge is 0.244 e. The number of pyridine rings is 1. The van der Waals surface area contributed by atoms with E-state index < -0.39 is 5.54 Å². The van der Waals surface area contributed by atoms with Crippen LogP contribution in [-0.4, -0.2) is 22.3 Å². The molecule has 130 valence electrons. The van der Waals surface area contributed by atoms with Crippen LogP contribution in [0, 0.1) is 5.92 Å². The third-order valence-electron chi connectivity index (χ3n) is 3.51. The van der Waals surface area contributed by atoms with Gasteiger partial charge in [-0.3, -0.25) is 9.59 Å². The molecule has 6 nitrogen and oxygen atoms in total. The fourth-order valence-corrected chi connectivity index (χ4v) is 2.02. The Morgan fingerprint density at radius 2 is 1.96 bits per heavy atom. The van der Waals surface area contributed by atoms with Crippen LogP contribution in [0.3, 0.4) is 0 Å². The minimum Gasteiger partial charge on any atom is -0.323 e. The molecule has 1 fully saturated rings. The van der Waals surface area contributed by atoms with Gasteiger partial charge in [0.25, 0.3) is 0 Å². The van der Waals surface area contributed by atoms with Crippen molar-refractivity contribution in [2.45, 2.75) is 45.1 Å². The van der Waals surface area contributed by atoms with Crippen LogP contribution in [0.2, 0.25) is 0 Å². The van der Waals surface area contributed by atoms with Gasteiger partial charge in [-0.05, 0) is 38.3 Å². The van der Waals surface area contributed by atoms with Crippen LogP contribution < -0.4 is 16.4 Å². The Balaban J connectivity index is 0.00000242. The normalized spacial score (nSPS) is 15.4. The van der Waals surface area contributed by atoms with E-state index in [1.165, 1.54) is 6.20 Å². The number of aromatic nitrogens is 1. The lowest BCUT2D eigenvalue weighted by molar-refractivity contribution is -0.121. The Kier molecular flexibility index (Phi) is 8.52. The van der Waals surface area contributed by atoms with Crippen LogP contribution >= 0.6 is 24.8 Å². The Hall–Kier alpha value is -1.37. The number of carbonyl (C=O) groups is 2. The van der Waals surface area contributed by atoms with Gasteiger partial charge in [0.15, 0.2) is 0 Å². The average molecular weight is 363 g/mol. The topological polar surface area (TPSA) is 97.1 Å². The summed E-state index contributed by atoms with van der Waals surface area (Å²) in [5.74, 6) is 0.407. The molecule has 1 aliphatic rings. The summed E-state index contributed by atoms with van der Waals surface area (Å²) >= 11 is 0. The molecule has 8 heteroatoms. The molecule has 2 amide bonds. The third kappa shape index (κ3) is 6.33. The zero-order valence-electron chi connectivity index (χ0n) is 13.3. The molecule has 1 aromatic heterocycles. The summed E-state index contributed by atoms with van der Waals surface area (Å²) in [7, 11) is 0. The number of carbonyl (C=O) groups excluding carboxylic acids is 2. The first-order chi connectivity index (χ1) is 9.92. The lowest BCUT2D eigenvalue weighted by Crippen LogP contribution is -2.48. The van der Waals surface area contributed by atoms with Crippen LogP contribution in [0.25, 0.3) is 0 Å². The highest BCUT2D eigenvalue weighted by Gasteiger charge is 2.30. The molecule has 2 rings (SSSR count). The first-order valence-corrected chi connectivity index (χ1v) is 7.29. The summed E-state index contributed by atoms with van der Waals surface area (Å²) < 4.78 is 0. The Labute approximate surface area is 148 Å². The predicted octanol–water partition coefficient (Wildman–Crippen LogP) is 2.73. The monoisotopic (exact) mass is 362 g/mol. The van der Waals surface area contributed by atoms with Crippen molar-refractivity contribution in [3.8, 4) is 0 Å². The van der Waals surface area contributed by atoms with E-state index in [1.54, 1.807) is 19.1 Å². The molecule has 4 N–H and O–H groups in total. The Bertz CT molecular complexity index is 531. The average Bonchev–Trinajstić information content (AvgIpc) is 3.25. The summed E-state index contributed by atoms with van der Waals surface area (Å²) in [5, 5.41) is 5.49. The van der Waals surface area contributed by atoms with Gasteiger partial charge in [-0.2, -0.15) is 0 Å². The molecule has 1 saturated carbocycles. The number of halogens is 2. The number of hydrogen-bond donors (Lipinski definition) is 3. The molecule has 1 atom stereocenters. The number of nitrogens with two attached hydrogens (primary N) is 1. The van der Waals surface area contributed by atoms with Crippen molar-refractivity contribution >= 4 is 48.1 Å². The lowest BCUT2D eigenvalue weighted by atomic mass is 9.96. The van der Waals surface area contributed by atoms with E-state index in [-0.39, 0.29) is 42.5 Å². The van der Waals surface area contributed by atoms with Gasteiger partial charge in [0, 0.05) is 5.92 Å². The van der Waals surface area contributed by atoms with Crippen LogP contribution in [0.15, 0.2) is 18.3 Å². The largest absolute Gasteiger partial charge is 0.323 e. The zero-order valence-corrected chi connectivity index (χ0v) is 14.9. The van der Waals surface area contributed by atoms with E-state index in [0.29, 0.717) is 17.9 Å². The number of hydrogen-bond acceptors (Lipinski definition) is 4. The quantitative estimate of drug-likeness (QED) is 0.724. The van der Waals surface area contributed by atoms with Crippen molar-refractivity contribution in [3.05, 3.63) is 18.3 Å². The standard InChI is InChI=1S/C15H22N4O2.2ClH/c1-3-8-15(2,16)14(21)18-11-6-7-12(17-9-11)19-13(20)10-4-5-10;;/h6-7,9-10H,3-5,8,16H2,1-2H3,(H,18,21)(H,17,19,20);2*1H. The van der Waals surface area contributed by atoms with Crippen LogP contribution in [0.1, 0.15) is 39.5 Å². The second-order valence-corrected chi connectivity index (χ2v) is 5.82. The molecular formula is C15H24Cl2N4O2. The molecule has 1 aromatic rings. The van der Waals surface area contributed by atoms with Crippen molar-refractivity contribution in [1.82, 2.24) is 4.98 Å². The molecular weight excluding hydrogens is 339 g/mol. The minimum absolute atomic E-state index is 0. The van der Waals surface area contributed by atoms with E-state index in [4.69, 9.17) is 5.73 Å². The van der Waals surface area contributed by atoms with Crippen LogP contribution in [0.4, 0.5) is 11.5 Å². The van der Waals surface area contributed by atoms with Gasteiger partial charge >= 0.3 is 0 Å². The van der Waals surface area contributed by atoms with E-state index in [9.17, 15) is 9.59 Å². The first kappa shape index (κ1) is 21.6. The molecule has 0 aliphatic heterocycles. The highest BCUT2D eigenvalue weighted by atomic mass is 35.5. The van der Waals surface area contributed by atoms with Crippen molar-refractivity contribution in [1.29, 1.82) is 0 Å². The van der Waals surface area contributed by atoms with Gasteiger partial charge in [-0.25, -0.2) is 4.98 Å². The second kappa shape index (κ2) is 9.05. The number of rotatable bonds is 6. The molecule has 0 aromatic carbocycles. The summed E-state index contributed by atoms with van der Waals surface area (Å²) in [6.45, 7) is 3.70. The highest BCUT2D eigenvalue weighted by molar-refractivity contribution is 5.98. The number of amides is 2. The summed E-state index contributed by atoms with van der Waals surface area (Å²) in [5.41, 5.74) is 5.64. The first-order valence-electron chi connectivity index (χ1n) is 7.29. The summed E-state index contributed by atoms with van der Waals surface area (Å²) in [4.78, 5) is 27.8. The van der Waals surface area contributed by atoms with Crippen molar-refractivity contribution < 1.29 is 9.59 Å². The highest BCUT2D eigenvalue weighted by Crippen LogP contribution is 2.30. The lowest BCUT2D eigenvalue weighted by Gasteiger charge is -2.22. The van der Waals surface area contributed by atoms with Gasteiger partial charge in [0.05, 0.1) is 17.4 Å². The zero-order chi connectivity index (χ0) is 15.5. The van der Waals surface area contributed by atoms with E-state index in [2.05, 4.69) is 15.6 Å². The molecule has 0 spiro atoms. The number of nitrogens with zero attached hydrogens (tertiary/aromatic N) is 1. The molecule has 0 radical (unpaired) electrons. The molecule has 1 aliphatic carbocycles. The van der Waals surface area contributed by atoms with E-state index in [0.717, 1.165) is 19.3 Å². The fraction of sp³-hybridized carbons (Fsp3) is 0.533. The SMILES string of the molecule is CCCC(C)(N)C(=O)Nc1ccc(NC(=O)C2CC2)nc1.Cl.Cl. The minimum atomic E-state index is -0.895. The van der Waals surface area contributed by atoms with Crippen molar-refractivity contribution in [2.24, 2.45) is 11.7 Å². The van der Waals surface area contributed by atoms with Gasteiger partial charge in [0.1, 0.15) is 5.82 Å². The van der Waals surface area contributed by atoms with Gasteiger partial charge in [-0.15, -0.1) is 24.8 Å². The molecule has 1 heterocycles. The van der Waals surface area contributed by atoms with E-state index in [1.807, 2.05) is 6.92 Å². The maximum atomic E-state index is 12.1. The molecule has 0 bridgehead atoms. The number of anilines is 2. The third-order valence-corrected chi connectivity index (χ3v) is 3.51. The van der Waals surface area contributed by atoms with E-state index >= 15 is 0 Å². The number of nitrogens with one attached hydrogen (secondary N) is 2. The predicted molar refractivity (Wildman–Crippen MR) is 96.2 cm³/mol.